The zero-order valence-corrected chi connectivity index (χ0v) is 37.5. The van der Waals surface area contributed by atoms with E-state index in [4.69, 9.17) is 0 Å². The van der Waals surface area contributed by atoms with E-state index in [1.165, 1.54) is 4.90 Å². The lowest BCUT2D eigenvalue weighted by molar-refractivity contribution is 1.28. The van der Waals surface area contributed by atoms with Gasteiger partial charge in [0.15, 0.2) is 0 Å². The van der Waals surface area contributed by atoms with E-state index >= 15 is 0 Å². The number of nitrogens with zero attached hydrogens (tertiary/aromatic N) is 1. The lowest BCUT2D eigenvalue weighted by Crippen LogP contribution is -2.09. The van der Waals surface area contributed by atoms with Crippen LogP contribution in [0.2, 0.25) is 0 Å². The predicted molar refractivity (Wildman–Crippen MR) is 294 cm³/mol. The highest BCUT2D eigenvalue weighted by Gasteiger charge is 2.18. The summed E-state index contributed by atoms with van der Waals surface area (Å²) in [6.07, 6.45) is 0. The molecule has 12 aromatic rings. The van der Waals surface area contributed by atoms with Crippen LogP contribution in [0.15, 0.2) is 285 Å². The first-order valence-corrected chi connectivity index (χ1v) is 23.1. The van der Waals surface area contributed by atoms with E-state index in [0.717, 1.165) is 77.2 Å². The van der Waals surface area contributed by atoms with Gasteiger partial charge in [-0.3, -0.25) is 0 Å². The first-order chi connectivity index (χ1) is 37.6. The highest BCUT2D eigenvalue weighted by atomic mass is 15.1. The molecule has 1 heteroatoms. The summed E-state index contributed by atoms with van der Waals surface area (Å²) < 4.78 is 78.9. The summed E-state index contributed by atoms with van der Waals surface area (Å²) in [5.41, 5.74) is 10.2. The summed E-state index contributed by atoms with van der Waals surface area (Å²) in [7, 11) is 0. The van der Waals surface area contributed by atoms with Crippen molar-refractivity contribution in [3.63, 3.8) is 0 Å². The van der Waals surface area contributed by atoms with Gasteiger partial charge >= 0.3 is 0 Å². The largest absolute Gasteiger partial charge is 0.311 e. The number of anilines is 3. The first kappa shape index (κ1) is 33.4. The van der Waals surface area contributed by atoms with Gasteiger partial charge in [-0.2, -0.15) is 0 Å². The second kappa shape index (κ2) is 18.3. The van der Waals surface area contributed by atoms with Crippen molar-refractivity contribution in [3.8, 4) is 77.9 Å². The van der Waals surface area contributed by atoms with Gasteiger partial charge in [0, 0.05) is 17.1 Å². The topological polar surface area (TPSA) is 3.24 Å². The molecule has 0 N–H and O–H groups in total. The van der Waals surface area contributed by atoms with E-state index in [1.54, 1.807) is 12.1 Å². The van der Waals surface area contributed by atoms with Crippen LogP contribution in [0, 0.1) is 0 Å². The molecular formula is C68H47N. The van der Waals surface area contributed by atoms with Gasteiger partial charge in [0.05, 0.1) is 11.0 Å². The van der Waals surface area contributed by atoms with E-state index < -0.39 is 24.2 Å². The van der Waals surface area contributed by atoms with Crippen LogP contribution in [0.25, 0.3) is 99.4 Å². The molecule has 0 saturated heterocycles. The maximum absolute atomic E-state index is 9.95. The Morgan fingerprint density at radius 3 is 1.36 bits per heavy atom. The van der Waals surface area contributed by atoms with Crippen LogP contribution in [0.1, 0.15) is 11.0 Å². The molecule has 0 aliphatic heterocycles. The van der Waals surface area contributed by atoms with Crippen molar-refractivity contribution in [2.45, 2.75) is 0 Å². The maximum atomic E-state index is 9.95. The minimum atomic E-state index is -0.414. The first-order valence-electron chi connectivity index (χ1n) is 27.1. The Morgan fingerprint density at radius 1 is 0.232 bits per heavy atom. The SMILES string of the molecule is [2H]c1c([2H])c(N(c2ccc(-c3cccc(-c4cccc5ccccc45)c3)cc2)c2c([2H])c([2H])c(-c3c(-c4ccccc4)ccc4ccccc34)c([2H])c2[2H])c([2H])c([2H])c1-c1ccc(-c2ccccc2)c(-c2ccccc2)c1. The molecule has 0 unspecified atom stereocenters. The summed E-state index contributed by atoms with van der Waals surface area (Å²) in [4.78, 5) is 1.38. The van der Waals surface area contributed by atoms with E-state index in [0.29, 0.717) is 16.8 Å². The molecule has 324 valence electrons. The number of benzene rings is 12. The molecule has 0 bridgehead atoms. The van der Waals surface area contributed by atoms with Gasteiger partial charge in [-0.05, 0) is 148 Å². The van der Waals surface area contributed by atoms with Gasteiger partial charge in [-0.15, -0.1) is 0 Å². The van der Waals surface area contributed by atoms with Gasteiger partial charge < -0.3 is 4.90 Å². The van der Waals surface area contributed by atoms with Crippen molar-refractivity contribution in [2.75, 3.05) is 4.90 Å². The zero-order chi connectivity index (χ0) is 52.9. The van der Waals surface area contributed by atoms with Crippen molar-refractivity contribution in [1.82, 2.24) is 0 Å². The van der Waals surface area contributed by atoms with Crippen LogP contribution in [0.3, 0.4) is 0 Å². The van der Waals surface area contributed by atoms with Crippen LogP contribution in [-0.2, 0) is 0 Å². The van der Waals surface area contributed by atoms with E-state index in [2.05, 4.69) is 42.5 Å². The summed E-state index contributed by atoms with van der Waals surface area (Å²) in [5, 5.41) is 3.88. The molecule has 0 heterocycles. The summed E-state index contributed by atoms with van der Waals surface area (Å²) in [5.74, 6) is 0. The molecule has 0 aromatic heterocycles. The molecule has 0 radical (unpaired) electrons. The third-order valence-corrected chi connectivity index (χ3v) is 12.8. The Kier molecular flexibility index (Phi) is 8.88. The molecule has 0 spiro atoms. The van der Waals surface area contributed by atoms with Gasteiger partial charge in [-0.25, -0.2) is 0 Å². The van der Waals surface area contributed by atoms with Crippen molar-refractivity contribution >= 4 is 38.6 Å². The predicted octanol–water partition coefficient (Wildman–Crippen LogP) is 19.1. The highest BCUT2D eigenvalue weighted by Crippen LogP contribution is 2.43. The minimum absolute atomic E-state index is 0.0845. The average Bonchev–Trinajstić information content (AvgIpc) is 3.49. The van der Waals surface area contributed by atoms with Crippen molar-refractivity contribution in [2.24, 2.45) is 0 Å². The van der Waals surface area contributed by atoms with Crippen molar-refractivity contribution < 1.29 is 11.0 Å². The minimum Gasteiger partial charge on any atom is -0.311 e. The van der Waals surface area contributed by atoms with Crippen molar-refractivity contribution in [1.29, 1.82) is 0 Å². The Bertz CT molecular complexity index is 4180. The van der Waals surface area contributed by atoms with Gasteiger partial charge in [-0.1, -0.05) is 236 Å². The summed E-state index contributed by atoms with van der Waals surface area (Å²) >= 11 is 0. The molecular weight excluding hydrogens is 831 g/mol. The van der Waals surface area contributed by atoms with Crippen LogP contribution in [0.4, 0.5) is 17.1 Å². The quantitative estimate of drug-likeness (QED) is 0.132. The maximum Gasteiger partial charge on any atom is 0.0645 e. The third kappa shape index (κ3) is 8.18. The summed E-state index contributed by atoms with van der Waals surface area (Å²) in [6.45, 7) is 0. The second-order valence-electron chi connectivity index (χ2n) is 17.0. The molecule has 0 atom stereocenters. The van der Waals surface area contributed by atoms with Gasteiger partial charge in [0.2, 0.25) is 0 Å². The van der Waals surface area contributed by atoms with Crippen LogP contribution in [0.5, 0.6) is 0 Å². The fraction of sp³-hybridized carbons (Fsp3) is 0. The normalized spacial score (nSPS) is 12.8. The Hall–Kier alpha value is -9.04. The van der Waals surface area contributed by atoms with E-state index in [1.807, 2.05) is 182 Å². The number of rotatable bonds is 10. The molecule has 0 aliphatic carbocycles. The Morgan fingerprint density at radius 2 is 0.696 bits per heavy atom. The molecule has 0 fully saturated rings. The molecule has 0 aliphatic rings. The fourth-order valence-electron chi connectivity index (χ4n) is 9.45. The van der Waals surface area contributed by atoms with E-state index in [9.17, 15) is 11.0 Å². The second-order valence-corrected chi connectivity index (χ2v) is 17.0. The molecule has 12 aromatic carbocycles. The zero-order valence-electron chi connectivity index (χ0n) is 45.5. The van der Waals surface area contributed by atoms with Crippen LogP contribution < -0.4 is 4.90 Å². The molecule has 69 heavy (non-hydrogen) atoms. The van der Waals surface area contributed by atoms with Gasteiger partial charge in [0.1, 0.15) is 0 Å². The number of hydrogen-bond donors (Lipinski definition) is 0. The Labute approximate surface area is 415 Å². The molecule has 12 rings (SSSR count). The van der Waals surface area contributed by atoms with Gasteiger partial charge in [0.25, 0.3) is 0 Å². The highest BCUT2D eigenvalue weighted by molar-refractivity contribution is 6.04. The number of fused-ring (bicyclic) bond motifs is 2. The Balaban J connectivity index is 1.06. The molecule has 0 saturated carbocycles. The molecule has 0 amide bonds. The van der Waals surface area contributed by atoms with Crippen LogP contribution in [-0.4, -0.2) is 0 Å². The van der Waals surface area contributed by atoms with Crippen LogP contribution >= 0.6 is 0 Å². The monoisotopic (exact) mass is 885 g/mol. The fourth-order valence-corrected chi connectivity index (χ4v) is 9.45. The lowest BCUT2D eigenvalue weighted by Gasteiger charge is -2.26. The average molecular weight is 886 g/mol. The number of hydrogen-bond acceptors (Lipinski definition) is 1. The van der Waals surface area contributed by atoms with E-state index in [-0.39, 0.29) is 46.7 Å². The summed E-state index contributed by atoms with van der Waals surface area (Å²) in [6, 6.07) is 73.9. The smallest absolute Gasteiger partial charge is 0.0645 e. The standard InChI is InChI=1S/C68H47N/c1-4-16-50(17-5-1)64-44-37-57(47-67(64)53-20-8-3-9-21-53)49-32-40-60(41-33-49)69(59-38-30-48(31-39-59)56-25-14-26-58(46-56)63-29-15-24-51-22-10-12-27-62(51)63)61-42-34-55(35-43-61)68-65-28-13-11-23-54(65)36-45-66(68)52-18-6-2-7-19-52/h1-47H/i32D,33D,34D,35D,40D,41D,42D,43D. The van der Waals surface area contributed by atoms with Crippen molar-refractivity contribution in [3.05, 3.63) is 285 Å². The third-order valence-electron chi connectivity index (χ3n) is 12.8. The lowest BCUT2D eigenvalue weighted by atomic mass is 9.89. The molecule has 1 nitrogen and oxygen atoms in total.